The first-order chi connectivity index (χ1) is 9.06. The van der Waals surface area contributed by atoms with Gasteiger partial charge in [-0.05, 0) is 29.7 Å². The monoisotopic (exact) mass is 260 g/mol. The first-order valence-corrected chi connectivity index (χ1v) is 6.11. The second-order valence-corrected chi connectivity index (χ2v) is 4.47. The molecule has 0 saturated carbocycles. The number of carboxylic acid groups (broad SMARTS) is 1. The summed E-state index contributed by atoms with van der Waals surface area (Å²) >= 11 is 0. The summed E-state index contributed by atoms with van der Waals surface area (Å²) in [5, 5.41) is 11.6. The quantitative estimate of drug-likeness (QED) is 0.858. The number of nitrogens with one attached hydrogen (secondary N) is 1. The number of benzene rings is 1. The molecule has 0 radical (unpaired) electrons. The van der Waals surface area contributed by atoms with Gasteiger partial charge in [-0.25, -0.2) is 4.79 Å². The van der Waals surface area contributed by atoms with E-state index in [1.54, 1.807) is 0 Å². The van der Waals surface area contributed by atoms with E-state index >= 15 is 0 Å². The molecule has 2 amide bonds. The van der Waals surface area contributed by atoms with Crippen molar-refractivity contribution >= 4 is 23.3 Å². The fourth-order valence-electron chi connectivity index (χ4n) is 2.11. The number of carbonyl (C=O) groups excluding carboxylic acids is 1. The predicted octanol–water partition coefficient (Wildman–Crippen LogP) is 2.41. The number of anilines is 1. The highest BCUT2D eigenvalue weighted by Gasteiger charge is 2.16. The fraction of sp³-hybridized carbons (Fsp3) is 0.286. The normalized spacial score (nSPS) is 14.8. The molecule has 1 aliphatic rings. The third-order valence-corrected chi connectivity index (χ3v) is 3.03. The van der Waals surface area contributed by atoms with Crippen LogP contribution in [0.2, 0.25) is 0 Å². The van der Waals surface area contributed by atoms with Crippen LogP contribution in [0, 0.1) is 0 Å². The van der Waals surface area contributed by atoms with Gasteiger partial charge in [-0.3, -0.25) is 4.79 Å². The zero-order chi connectivity index (χ0) is 13.8. The molecule has 2 N–H and O–H groups in total. The van der Waals surface area contributed by atoms with Crippen LogP contribution in [0.25, 0.3) is 5.57 Å². The van der Waals surface area contributed by atoms with Gasteiger partial charge in [-0.1, -0.05) is 18.2 Å². The lowest BCUT2D eigenvalue weighted by atomic mass is 9.99. The van der Waals surface area contributed by atoms with Gasteiger partial charge in [0.2, 0.25) is 5.91 Å². The molecule has 1 aliphatic heterocycles. The molecule has 0 aliphatic carbocycles. The summed E-state index contributed by atoms with van der Waals surface area (Å²) < 4.78 is 0. The maximum atomic E-state index is 11.0. The lowest BCUT2D eigenvalue weighted by Gasteiger charge is -2.24. The first-order valence-electron chi connectivity index (χ1n) is 6.11. The Bertz CT molecular complexity index is 537. The van der Waals surface area contributed by atoms with E-state index in [9.17, 15) is 9.59 Å². The molecule has 1 heterocycles. The van der Waals surface area contributed by atoms with Gasteiger partial charge in [-0.2, -0.15) is 0 Å². The number of amides is 2. The van der Waals surface area contributed by atoms with Gasteiger partial charge in [0.05, 0.1) is 0 Å². The molecule has 0 atom stereocenters. The number of rotatable bonds is 2. The summed E-state index contributed by atoms with van der Waals surface area (Å²) in [6.45, 7) is 2.39. The molecule has 5 heteroatoms. The summed E-state index contributed by atoms with van der Waals surface area (Å²) in [4.78, 5) is 23.2. The number of nitrogens with zero attached hydrogens (tertiary/aromatic N) is 1. The number of hydrogen-bond acceptors (Lipinski definition) is 2. The molecule has 0 saturated heterocycles. The third-order valence-electron chi connectivity index (χ3n) is 3.03. The standard InChI is InChI=1S/C14H16N2O3/c1-10(17)15-13-4-2-3-12(9-13)11-5-7-16(8-6-11)14(18)19/h2-5,9H,6-8H2,1H3,(H,15,17)(H,18,19). The van der Waals surface area contributed by atoms with E-state index in [0.29, 0.717) is 19.5 Å². The van der Waals surface area contributed by atoms with Gasteiger partial charge < -0.3 is 15.3 Å². The lowest BCUT2D eigenvalue weighted by Crippen LogP contribution is -2.33. The third kappa shape index (κ3) is 3.34. The molecular weight excluding hydrogens is 244 g/mol. The van der Waals surface area contributed by atoms with Gasteiger partial charge in [0.15, 0.2) is 0 Å². The average Bonchev–Trinajstić information content (AvgIpc) is 2.38. The fourth-order valence-corrected chi connectivity index (χ4v) is 2.11. The molecule has 2 rings (SSSR count). The minimum absolute atomic E-state index is 0.105. The van der Waals surface area contributed by atoms with Crippen LogP contribution < -0.4 is 5.32 Å². The Morgan fingerprint density at radius 1 is 1.37 bits per heavy atom. The van der Waals surface area contributed by atoms with E-state index in [1.165, 1.54) is 11.8 Å². The van der Waals surface area contributed by atoms with Gasteiger partial charge in [0.1, 0.15) is 0 Å². The maximum absolute atomic E-state index is 11.0. The lowest BCUT2D eigenvalue weighted by molar-refractivity contribution is -0.114. The molecule has 19 heavy (non-hydrogen) atoms. The molecule has 0 bridgehead atoms. The van der Waals surface area contributed by atoms with Crippen LogP contribution in [0.1, 0.15) is 18.9 Å². The summed E-state index contributed by atoms with van der Waals surface area (Å²) in [6.07, 6.45) is 1.72. The van der Waals surface area contributed by atoms with Crippen LogP contribution in [0.5, 0.6) is 0 Å². The smallest absolute Gasteiger partial charge is 0.407 e. The van der Waals surface area contributed by atoms with Crippen LogP contribution >= 0.6 is 0 Å². The van der Waals surface area contributed by atoms with Crippen molar-refractivity contribution in [2.24, 2.45) is 0 Å². The van der Waals surface area contributed by atoms with Gasteiger partial charge in [0, 0.05) is 25.7 Å². The highest BCUT2D eigenvalue weighted by atomic mass is 16.4. The molecule has 1 aromatic carbocycles. The molecule has 0 fully saturated rings. The van der Waals surface area contributed by atoms with Crippen molar-refractivity contribution in [2.75, 3.05) is 18.4 Å². The average molecular weight is 260 g/mol. The van der Waals surface area contributed by atoms with E-state index in [0.717, 1.165) is 16.8 Å². The van der Waals surface area contributed by atoms with Crippen molar-refractivity contribution in [1.29, 1.82) is 0 Å². The molecular formula is C14H16N2O3. The predicted molar refractivity (Wildman–Crippen MR) is 72.9 cm³/mol. The Kier molecular flexibility index (Phi) is 3.85. The van der Waals surface area contributed by atoms with Crippen LogP contribution in [0.15, 0.2) is 30.3 Å². The molecule has 100 valence electrons. The Morgan fingerprint density at radius 2 is 2.16 bits per heavy atom. The number of carbonyl (C=O) groups is 2. The molecule has 0 aromatic heterocycles. The van der Waals surface area contributed by atoms with E-state index in [1.807, 2.05) is 30.3 Å². The zero-order valence-corrected chi connectivity index (χ0v) is 10.7. The molecule has 1 aromatic rings. The van der Waals surface area contributed by atoms with Crippen molar-refractivity contribution in [3.63, 3.8) is 0 Å². The number of hydrogen-bond donors (Lipinski definition) is 2. The van der Waals surface area contributed by atoms with E-state index < -0.39 is 6.09 Å². The molecule has 0 unspecified atom stereocenters. The summed E-state index contributed by atoms with van der Waals surface area (Å²) in [5.41, 5.74) is 2.90. The zero-order valence-electron chi connectivity index (χ0n) is 10.7. The summed E-state index contributed by atoms with van der Waals surface area (Å²) in [6, 6.07) is 7.58. The SMILES string of the molecule is CC(=O)Nc1cccc(C2=CCN(C(=O)O)CC2)c1. The van der Waals surface area contributed by atoms with Gasteiger partial charge >= 0.3 is 6.09 Å². The molecule has 5 nitrogen and oxygen atoms in total. The Balaban J connectivity index is 2.14. The topological polar surface area (TPSA) is 69.6 Å². The van der Waals surface area contributed by atoms with E-state index in [-0.39, 0.29) is 5.91 Å². The summed E-state index contributed by atoms with van der Waals surface area (Å²) in [5.74, 6) is -0.105. The van der Waals surface area contributed by atoms with Crippen LogP contribution in [0.4, 0.5) is 10.5 Å². The van der Waals surface area contributed by atoms with Gasteiger partial charge in [0.25, 0.3) is 0 Å². The van der Waals surface area contributed by atoms with Crippen molar-refractivity contribution in [3.8, 4) is 0 Å². The highest BCUT2D eigenvalue weighted by Crippen LogP contribution is 2.24. The van der Waals surface area contributed by atoms with Crippen molar-refractivity contribution < 1.29 is 14.7 Å². The molecule has 0 spiro atoms. The Labute approximate surface area is 111 Å². The second kappa shape index (κ2) is 5.56. The Morgan fingerprint density at radius 3 is 2.74 bits per heavy atom. The van der Waals surface area contributed by atoms with Crippen molar-refractivity contribution in [2.45, 2.75) is 13.3 Å². The minimum atomic E-state index is -0.887. The van der Waals surface area contributed by atoms with Crippen LogP contribution in [-0.2, 0) is 4.79 Å². The van der Waals surface area contributed by atoms with Crippen LogP contribution in [-0.4, -0.2) is 35.1 Å². The van der Waals surface area contributed by atoms with E-state index in [4.69, 9.17) is 5.11 Å². The maximum Gasteiger partial charge on any atom is 0.407 e. The second-order valence-electron chi connectivity index (χ2n) is 4.47. The highest BCUT2D eigenvalue weighted by molar-refractivity contribution is 5.89. The largest absolute Gasteiger partial charge is 0.465 e. The summed E-state index contributed by atoms with van der Waals surface area (Å²) in [7, 11) is 0. The van der Waals surface area contributed by atoms with Gasteiger partial charge in [-0.15, -0.1) is 0 Å². The van der Waals surface area contributed by atoms with Crippen molar-refractivity contribution in [3.05, 3.63) is 35.9 Å². The minimum Gasteiger partial charge on any atom is -0.465 e. The van der Waals surface area contributed by atoms with E-state index in [2.05, 4.69) is 5.32 Å². The van der Waals surface area contributed by atoms with Crippen LogP contribution in [0.3, 0.4) is 0 Å². The first kappa shape index (κ1) is 13.1. The van der Waals surface area contributed by atoms with Crippen molar-refractivity contribution in [1.82, 2.24) is 4.90 Å². The Hall–Kier alpha value is -2.30.